The molecule has 4 aromatic rings. The summed E-state index contributed by atoms with van der Waals surface area (Å²) >= 11 is 0. The second-order valence-corrected chi connectivity index (χ2v) is 5.99. The number of anilines is 1. The monoisotopic (exact) mass is 362 g/mol. The fraction of sp³-hybridized carbons (Fsp3) is 0.200. The van der Waals surface area contributed by atoms with E-state index in [0.29, 0.717) is 11.5 Å². The lowest BCUT2D eigenvalue weighted by Gasteiger charge is -2.20. The van der Waals surface area contributed by atoms with Gasteiger partial charge in [0.2, 0.25) is 5.89 Å². The van der Waals surface area contributed by atoms with Crippen molar-refractivity contribution in [3.05, 3.63) is 59.2 Å². The molecular weight excluding hydrogens is 344 g/mol. The van der Waals surface area contributed by atoms with Crippen LogP contribution in [0.2, 0.25) is 0 Å². The van der Waals surface area contributed by atoms with E-state index < -0.39 is 5.63 Å². The molecule has 1 aromatic carbocycles. The van der Waals surface area contributed by atoms with Gasteiger partial charge >= 0.3 is 5.63 Å². The maximum atomic E-state index is 12.5. The summed E-state index contributed by atoms with van der Waals surface area (Å²) in [4.78, 5) is 18.6. The number of rotatable bonds is 5. The summed E-state index contributed by atoms with van der Waals surface area (Å²) in [6.45, 7) is 5.93. The Morgan fingerprint density at radius 3 is 2.41 bits per heavy atom. The van der Waals surface area contributed by atoms with Crippen molar-refractivity contribution in [2.75, 3.05) is 18.0 Å². The number of fused-ring (bicyclic) bond motifs is 1. The molecule has 3 heterocycles. The topological polar surface area (TPSA) is 85.3 Å². The van der Waals surface area contributed by atoms with Crippen LogP contribution in [-0.4, -0.2) is 28.3 Å². The van der Waals surface area contributed by atoms with E-state index in [1.807, 2.05) is 18.2 Å². The van der Waals surface area contributed by atoms with Crippen molar-refractivity contribution in [2.45, 2.75) is 13.8 Å². The minimum Gasteiger partial charge on any atom is -0.422 e. The standard InChI is InChI=1S/C20H18N4O3/c1-3-24(4-2)15-6-5-14-11-16(20(25)26-17(14)12-15)19-23-22-18(27-19)13-7-9-21-10-8-13/h5-12H,3-4H2,1-2H3. The fourth-order valence-electron chi connectivity index (χ4n) is 2.98. The van der Waals surface area contributed by atoms with Gasteiger partial charge in [-0.05, 0) is 44.2 Å². The molecule has 0 bridgehead atoms. The number of nitrogens with zero attached hydrogens (tertiary/aromatic N) is 4. The van der Waals surface area contributed by atoms with Gasteiger partial charge in [-0.1, -0.05) is 0 Å². The van der Waals surface area contributed by atoms with E-state index in [4.69, 9.17) is 8.83 Å². The minimum absolute atomic E-state index is 0.130. The molecule has 0 spiro atoms. The van der Waals surface area contributed by atoms with Crippen LogP contribution in [0.5, 0.6) is 0 Å². The second-order valence-electron chi connectivity index (χ2n) is 5.99. The summed E-state index contributed by atoms with van der Waals surface area (Å²) in [6, 6.07) is 11.1. The first-order valence-corrected chi connectivity index (χ1v) is 8.76. The fourth-order valence-corrected chi connectivity index (χ4v) is 2.98. The maximum absolute atomic E-state index is 12.5. The first-order chi connectivity index (χ1) is 13.2. The van der Waals surface area contributed by atoms with Crippen molar-refractivity contribution >= 4 is 16.7 Å². The molecule has 0 aliphatic heterocycles. The molecule has 0 fully saturated rings. The van der Waals surface area contributed by atoms with Crippen molar-refractivity contribution in [3.63, 3.8) is 0 Å². The lowest BCUT2D eigenvalue weighted by molar-refractivity contribution is 0.547. The largest absolute Gasteiger partial charge is 0.422 e. The SMILES string of the molecule is CCN(CC)c1ccc2cc(-c3nnc(-c4ccncc4)o3)c(=O)oc2c1. The second kappa shape index (κ2) is 7.03. The Labute approximate surface area is 155 Å². The Morgan fingerprint density at radius 2 is 1.67 bits per heavy atom. The van der Waals surface area contributed by atoms with E-state index in [0.717, 1.165) is 29.7 Å². The highest BCUT2D eigenvalue weighted by Gasteiger charge is 2.16. The molecular formula is C20H18N4O3. The number of hydrogen-bond acceptors (Lipinski definition) is 7. The zero-order valence-electron chi connectivity index (χ0n) is 15.0. The van der Waals surface area contributed by atoms with Gasteiger partial charge in [-0.25, -0.2) is 4.79 Å². The predicted octanol–water partition coefficient (Wildman–Crippen LogP) is 3.75. The summed E-state index contributed by atoms with van der Waals surface area (Å²) < 4.78 is 11.2. The van der Waals surface area contributed by atoms with E-state index in [9.17, 15) is 4.79 Å². The average Bonchev–Trinajstić information content (AvgIpc) is 3.19. The lowest BCUT2D eigenvalue weighted by Crippen LogP contribution is -2.21. The first-order valence-electron chi connectivity index (χ1n) is 8.76. The van der Waals surface area contributed by atoms with Crippen LogP contribution in [0, 0.1) is 0 Å². The van der Waals surface area contributed by atoms with Gasteiger partial charge in [0.25, 0.3) is 5.89 Å². The van der Waals surface area contributed by atoms with E-state index in [2.05, 4.69) is 33.9 Å². The molecule has 0 aliphatic carbocycles. The lowest BCUT2D eigenvalue weighted by atomic mass is 10.1. The average molecular weight is 362 g/mol. The Kier molecular flexibility index (Phi) is 4.42. The van der Waals surface area contributed by atoms with Gasteiger partial charge in [0, 0.05) is 48.2 Å². The molecule has 7 heteroatoms. The third-order valence-electron chi connectivity index (χ3n) is 4.43. The molecule has 0 radical (unpaired) electrons. The van der Waals surface area contributed by atoms with Crippen LogP contribution in [-0.2, 0) is 0 Å². The van der Waals surface area contributed by atoms with Crippen LogP contribution in [0.4, 0.5) is 5.69 Å². The van der Waals surface area contributed by atoms with Gasteiger partial charge < -0.3 is 13.7 Å². The van der Waals surface area contributed by atoms with Crippen molar-refractivity contribution in [1.29, 1.82) is 0 Å². The van der Waals surface area contributed by atoms with Crippen molar-refractivity contribution < 1.29 is 8.83 Å². The van der Waals surface area contributed by atoms with Crippen LogP contribution in [0.15, 0.2) is 62.4 Å². The van der Waals surface area contributed by atoms with Gasteiger partial charge in [0.05, 0.1) is 0 Å². The molecule has 0 aliphatic rings. The molecule has 0 N–H and O–H groups in total. The molecule has 7 nitrogen and oxygen atoms in total. The number of benzene rings is 1. The van der Waals surface area contributed by atoms with E-state index >= 15 is 0 Å². The summed E-state index contributed by atoms with van der Waals surface area (Å²) in [7, 11) is 0. The van der Waals surface area contributed by atoms with E-state index in [1.165, 1.54) is 0 Å². The number of pyridine rings is 1. The molecule has 0 atom stereocenters. The Hall–Kier alpha value is -3.48. The quantitative estimate of drug-likeness (QED) is 0.500. The normalized spacial score (nSPS) is 11.0. The van der Waals surface area contributed by atoms with Crippen molar-refractivity contribution in [3.8, 4) is 22.9 Å². The highest BCUT2D eigenvalue weighted by Crippen LogP contribution is 2.26. The van der Waals surface area contributed by atoms with Gasteiger partial charge in [0.1, 0.15) is 11.1 Å². The van der Waals surface area contributed by atoms with Crippen molar-refractivity contribution in [1.82, 2.24) is 15.2 Å². The number of hydrogen-bond donors (Lipinski definition) is 0. The number of aromatic nitrogens is 3. The first kappa shape index (κ1) is 17.0. The smallest absolute Gasteiger partial charge is 0.349 e. The molecule has 4 rings (SSSR count). The van der Waals surface area contributed by atoms with Crippen LogP contribution in [0.3, 0.4) is 0 Å². The third kappa shape index (κ3) is 3.19. The highest BCUT2D eigenvalue weighted by atomic mass is 16.4. The van der Waals surface area contributed by atoms with Gasteiger partial charge in [-0.15, -0.1) is 10.2 Å². The zero-order chi connectivity index (χ0) is 18.8. The van der Waals surface area contributed by atoms with E-state index in [-0.39, 0.29) is 11.5 Å². The van der Waals surface area contributed by atoms with Crippen LogP contribution in [0.25, 0.3) is 33.9 Å². The third-order valence-corrected chi connectivity index (χ3v) is 4.43. The van der Waals surface area contributed by atoms with E-state index in [1.54, 1.807) is 30.6 Å². The Balaban J connectivity index is 1.75. The summed E-state index contributed by atoms with van der Waals surface area (Å²) in [5.41, 5.74) is 2.01. The molecule has 0 amide bonds. The van der Waals surface area contributed by atoms with Gasteiger partial charge in [-0.2, -0.15) is 0 Å². The zero-order valence-corrected chi connectivity index (χ0v) is 15.0. The van der Waals surface area contributed by atoms with Gasteiger partial charge in [0.15, 0.2) is 0 Å². The predicted molar refractivity (Wildman–Crippen MR) is 103 cm³/mol. The Morgan fingerprint density at radius 1 is 0.926 bits per heavy atom. The van der Waals surface area contributed by atoms with Crippen LogP contribution in [0.1, 0.15) is 13.8 Å². The molecule has 27 heavy (non-hydrogen) atoms. The highest BCUT2D eigenvalue weighted by molar-refractivity contribution is 5.83. The molecule has 0 saturated heterocycles. The molecule has 0 unspecified atom stereocenters. The van der Waals surface area contributed by atoms with Crippen LogP contribution < -0.4 is 10.5 Å². The Bertz CT molecular complexity index is 1130. The molecule has 3 aromatic heterocycles. The summed E-state index contributed by atoms with van der Waals surface area (Å²) in [5, 5.41) is 8.80. The minimum atomic E-state index is -0.510. The summed E-state index contributed by atoms with van der Waals surface area (Å²) in [5.74, 6) is 0.453. The maximum Gasteiger partial charge on any atom is 0.349 e. The summed E-state index contributed by atoms with van der Waals surface area (Å²) in [6.07, 6.45) is 3.27. The van der Waals surface area contributed by atoms with Crippen LogP contribution >= 0.6 is 0 Å². The van der Waals surface area contributed by atoms with Crippen molar-refractivity contribution in [2.24, 2.45) is 0 Å². The van der Waals surface area contributed by atoms with Gasteiger partial charge in [-0.3, -0.25) is 4.98 Å². The molecule has 136 valence electrons. The molecule has 0 saturated carbocycles.